The Bertz CT molecular complexity index is 349. The molecule has 0 radical (unpaired) electrons. The molecule has 0 fully saturated rings. The molecule has 0 aliphatic heterocycles. The Morgan fingerprint density at radius 1 is 1.50 bits per heavy atom. The zero-order valence-electron chi connectivity index (χ0n) is 9.44. The molecular weight excluding hydrogens is 204 g/mol. The summed E-state index contributed by atoms with van der Waals surface area (Å²) in [5.74, 6) is 0.168. The summed E-state index contributed by atoms with van der Waals surface area (Å²) >= 11 is 0. The number of phenols is 1. The molecule has 0 heterocycles. The molecule has 1 rings (SSSR count). The van der Waals surface area contributed by atoms with Gasteiger partial charge in [0.25, 0.3) is 0 Å². The van der Waals surface area contributed by atoms with E-state index < -0.39 is 0 Å². The normalized spacial score (nSPS) is 12.1. The number of carbonyl (C=O) groups excluding carboxylic acids is 1. The summed E-state index contributed by atoms with van der Waals surface area (Å²) in [6, 6.07) is 6.67. The van der Waals surface area contributed by atoms with Gasteiger partial charge in [0.2, 0.25) is 5.91 Å². The maximum absolute atomic E-state index is 11.6. The van der Waals surface area contributed by atoms with Gasteiger partial charge in [-0.15, -0.1) is 0 Å². The first-order valence-electron chi connectivity index (χ1n) is 5.45. The van der Waals surface area contributed by atoms with Gasteiger partial charge >= 0.3 is 0 Å². The first-order chi connectivity index (χ1) is 7.67. The van der Waals surface area contributed by atoms with Gasteiger partial charge in [0, 0.05) is 6.42 Å². The number of hydrogen-bond acceptors (Lipinski definition) is 3. The van der Waals surface area contributed by atoms with Crippen LogP contribution in [0.5, 0.6) is 5.75 Å². The Morgan fingerprint density at radius 2 is 2.19 bits per heavy atom. The molecule has 4 nitrogen and oxygen atoms in total. The molecule has 16 heavy (non-hydrogen) atoms. The first kappa shape index (κ1) is 12.5. The molecular formula is C12H18N2O2. The molecule has 4 heteroatoms. The quantitative estimate of drug-likeness (QED) is 0.664. The van der Waals surface area contributed by atoms with Crippen molar-refractivity contribution in [3.63, 3.8) is 0 Å². The molecule has 1 aromatic rings. The smallest absolute Gasteiger partial charge is 0.224 e. The van der Waals surface area contributed by atoms with E-state index in [1.54, 1.807) is 18.2 Å². The van der Waals surface area contributed by atoms with Crippen LogP contribution in [0.3, 0.4) is 0 Å². The third-order valence-corrected chi connectivity index (χ3v) is 2.56. The number of carbonyl (C=O) groups is 1. The number of phenolic OH excluding ortho intramolecular Hbond substituents is 1. The monoisotopic (exact) mass is 222 g/mol. The molecule has 0 saturated carbocycles. The van der Waals surface area contributed by atoms with E-state index in [9.17, 15) is 9.90 Å². The SMILES string of the molecule is CCC(CN)CC(=O)Nc1ccccc1O. The minimum Gasteiger partial charge on any atom is -0.506 e. The van der Waals surface area contributed by atoms with Crippen molar-refractivity contribution < 1.29 is 9.90 Å². The highest BCUT2D eigenvalue weighted by Crippen LogP contribution is 2.22. The van der Waals surface area contributed by atoms with Crippen molar-refractivity contribution in [2.45, 2.75) is 19.8 Å². The van der Waals surface area contributed by atoms with E-state index in [1.165, 1.54) is 6.07 Å². The number of amides is 1. The highest BCUT2D eigenvalue weighted by molar-refractivity contribution is 5.92. The second-order valence-corrected chi connectivity index (χ2v) is 3.78. The third kappa shape index (κ3) is 3.55. The van der Waals surface area contributed by atoms with Crippen LogP contribution in [0.1, 0.15) is 19.8 Å². The van der Waals surface area contributed by atoms with Crippen LogP contribution in [-0.2, 0) is 4.79 Å². The Labute approximate surface area is 95.5 Å². The maximum atomic E-state index is 11.6. The molecule has 1 aromatic carbocycles. The van der Waals surface area contributed by atoms with Gasteiger partial charge in [-0.2, -0.15) is 0 Å². The molecule has 0 aliphatic carbocycles. The number of rotatable bonds is 5. The van der Waals surface area contributed by atoms with Crippen LogP contribution >= 0.6 is 0 Å². The molecule has 4 N–H and O–H groups in total. The van der Waals surface area contributed by atoms with Gasteiger partial charge in [-0.3, -0.25) is 4.79 Å². The van der Waals surface area contributed by atoms with Gasteiger partial charge in [0.15, 0.2) is 0 Å². The fourth-order valence-corrected chi connectivity index (χ4v) is 1.44. The van der Waals surface area contributed by atoms with E-state index in [2.05, 4.69) is 5.32 Å². The van der Waals surface area contributed by atoms with Gasteiger partial charge in [0.1, 0.15) is 5.75 Å². The number of benzene rings is 1. The van der Waals surface area contributed by atoms with E-state index >= 15 is 0 Å². The average Bonchev–Trinajstić information content (AvgIpc) is 2.29. The number of para-hydroxylation sites is 2. The van der Waals surface area contributed by atoms with Gasteiger partial charge in [-0.05, 0) is 24.6 Å². The maximum Gasteiger partial charge on any atom is 0.224 e. The predicted molar refractivity (Wildman–Crippen MR) is 64.2 cm³/mol. The lowest BCUT2D eigenvalue weighted by atomic mass is 10.0. The van der Waals surface area contributed by atoms with Crippen molar-refractivity contribution in [1.82, 2.24) is 0 Å². The number of aromatic hydroxyl groups is 1. The molecule has 1 amide bonds. The minimum absolute atomic E-state index is 0.0802. The molecule has 1 atom stereocenters. The van der Waals surface area contributed by atoms with Crippen LogP contribution < -0.4 is 11.1 Å². The second-order valence-electron chi connectivity index (χ2n) is 3.78. The van der Waals surface area contributed by atoms with E-state index in [4.69, 9.17) is 5.73 Å². The fourth-order valence-electron chi connectivity index (χ4n) is 1.44. The Balaban J connectivity index is 2.55. The minimum atomic E-state index is -0.112. The van der Waals surface area contributed by atoms with Crippen molar-refractivity contribution in [2.24, 2.45) is 11.7 Å². The van der Waals surface area contributed by atoms with Crippen molar-refractivity contribution >= 4 is 11.6 Å². The van der Waals surface area contributed by atoms with Gasteiger partial charge < -0.3 is 16.2 Å². The van der Waals surface area contributed by atoms with Crippen molar-refractivity contribution in [1.29, 1.82) is 0 Å². The zero-order valence-corrected chi connectivity index (χ0v) is 9.44. The molecule has 0 saturated heterocycles. The average molecular weight is 222 g/mol. The second kappa shape index (κ2) is 6.12. The fraction of sp³-hybridized carbons (Fsp3) is 0.417. The number of hydrogen-bond donors (Lipinski definition) is 3. The van der Waals surface area contributed by atoms with Gasteiger partial charge in [-0.25, -0.2) is 0 Å². The van der Waals surface area contributed by atoms with Crippen LogP contribution in [0, 0.1) is 5.92 Å². The van der Waals surface area contributed by atoms with Crippen molar-refractivity contribution in [2.75, 3.05) is 11.9 Å². The highest BCUT2D eigenvalue weighted by atomic mass is 16.3. The van der Waals surface area contributed by atoms with Crippen LogP contribution in [-0.4, -0.2) is 17.6 Å². The van der Waals surface area contributed by atoms with Gasteiger partial charge in [-0.1, -0.05) is 25.5 Å². The van der Waals surface area contributed by atoms with Crippen LogP contribution in [0.4, 0.5) is 5.69 Å². The lowest BCUT2D eigenvalue weighted by molar-refractivity contribution is -0.117. The summed E-state index contributed by atoms with van der Waals surface area (Å²) in [6.07, 6.45) is 1.27. The van der Waals surface area contributed by atoms with Crippen LogP contribution in [0.2, 0.25) is 0 Å². The largest absolute Gasteiger partial charge is 0.506 e. The molecule has 0 spiro atoms. The first-order valence-corrected chi connectivity index (χ1v) is 5.45. The van der Waals surface area contributed by atoms with E-state index in [1.807, 2.05) is 6.92 Å². The van der Waals surface area contributed by atoms with Gasteiger partial charge in [0.05, 0.1) is 5.69 Å². The van der Waals surface area contributed by atoms with Crippen LogP contribution in [0.25, 0.3) is 0 Å². The predicted octanol–water partition coefficient (Wildman–Crippen LogP) is 1.71. The van der Waals surface area contributed by atoms with E-state index in [0.29, 0.717) is 18.7 Å². The number of nitrogens with one attached hydrogen (secondary N) is 1. The lowest BCUT2D eigenvalue weighted by Crippen LogP contribution is -2.21. The lowest BCUT2D eigenvalue weighted by Gasteiger charge is -2.12. The zero-order chi connectivity index (χ0) is 12.0. The summed E-state index contributed by atoms with van der Waals surface area (Å²) in [5.41, 5.74) is 5.97. The summed E-state index contributed by atoms with van der Waals surface area (Å²) in [4.78, 5) is 11.6. The van der Waals surface area contributed by atoms with E-state index in [0.717, 1.165) is 6.42 Å². The molecule has 0 aliphatic rings. The topological polar surface area (TPSA) is 75.4 Å². The summed E-state index contributed by atoms with van der Waals surface area (Å²) in [6.45, 7) is 2.51. The molecule has 0 aromatic heterocycles. The summed E-state index contributed by atoms with van der Waals surface area (Å²) < 4.78 is 0. The van der Waals surface area contributed by atoms with E-state index in [-0.39, 0.29) is 17.6 Å². The summed E-state index contributed by atoms with van der Waals surface area (Å²) in [7, 11) is 0. The highest BCUT2D eigenvalue weighted by Gasteiger charge is 2.11. The molecule has 1 unspecified atom stereocenters. The van der Waals surface area contributed by atoms with Crippen LogP contribution in [0.15, 0.2) is 24.3 Å². The standard InChI is InChI=1S/C12H18N2O2/c1-2-9(8-13)7-12(16)14-10-5-3-4-6-11(10)15/h3-6,9,15H,2,7-8,13H2,1H3,(H,14,16). The Hall–Kier alpha value is -1.55. The summed E-state index contributed by atoms with van der Waals surface area (Å²) in [5, 5.41) is 12.1. The Morgan fingerprint density at radius 3 is 2.75 bits per heavy atom. The number of anilines is 1. The molecule has 0 bridgehead atoms. The Kier molecular flexibility index (Phi) is 4.79. The number of nitrogens with two attached hydrogens (primary N) is 1. The van der Waals surface area contributed by atoms with Crippen molar-refractivity contribution in [3.05, 3.63) is 24.3 Å². The van der Waals surface area contributed by atoms with Crippen molar-refractivity contribution in [3.8, 4) is 5.75 Å². The third-order valence-electron chi connectivity index (χ3n) is 2.56. The molecule has 88 valence electrons.